The molecule has 2 amide bonds. The lowest BCUT2D eigenvalue weighted by Crippen LogP contribution is -2.57. The van der Waals surface area contributed by atoms with Crippen molar-refractivity contribution in [3.05, 3.63) is 35.9 Å². The minimum Gasteiger partial charge on any atom is -0.390 e. The normalized spacial score (nSPS) is 18.5. The zero-order chi connectivity index (χ0) is 19.2. The standard InChI is InChI=1S/C20H31N3O3/c1-20(2,26)10-13-22(3)18(24)15-17-19(25)21-11-14-23(17)12-9-16-7-5-4-6-8-16/h4-8,17,26H,9-15H2,1-3H3,(H,21,25)/t17-/m0/s1. The summed E-state index contributed by atoms with van der Waals surface area (Å²) in [5, 5.41) is 12.7. The Hall–Kier alpha value is -1.92. The molecule has 2 rings (SSSR count). The van der Waals surface area contributed by atoms with Crippen LogP contribution in [-0.2, 0) is 16.0 Å². The van der Waals surface area contributed by atoms with Gasteiger partial charge in [0.1, 0.15) is 0 Å². The highest BCUT2D eigenvalue weighted by Crippen LogP contribution is 2.14. The van der Waals surface area contributed by atoms with Crippen LogP contribution in [0.3, 0.4) is 0 Å². The largest absolute Gasteiger partial charge is 0.390 e. The van der Waals surface area contributed by atoms with E-state index in [0.717, 1.165) is 19.5 Å². The van der Waals surface area contributed by atoms with Crippen molar-refractivity contribution < 1.29 is 14.7 Å². The molecule has 0 saturated carbocycles. The first-order chi connectivity index (χ1) is 12.3. The number of hydrogen-bond donors (Lipinski definition) is 2. The highest BCUT2D eigenvalue weighted by atomic mass is 16.3. The maximum atomic E-state index is 12.5. The molecule has 6 heteroatoms. The fourth-order valence-corrected chi connectivity index (χ4v) is 3.06. The summed E-state index contributed by atoms with van der Waals surface area (Å²) in [6.45, 7) is 6.05. The van der Waals surface area contributed by atoms with Crippen LogP contribution < -0.4 is 5.32 Å². The molecule has 2 N–H and O–H groups in total. The molecule has 0 bridgehead atoms. The molecule has 0 aromatic heterocycles. The van der Waals surface area contributed by atoms with Gasteiger partial charge in [-0.05, 0) is 32.3 Å². The van der Waals surface area contributed by atoms with Gasteiger partial charge >= 0.3 is 0 Å². The molecule has 1 aromatic rings. The lowest BCUT2D eigenvalue weighted by molar-refractivity contribution is -0.138. The molecular formula is C20H31N3O3. The van der Waals surface area contributed by atoms with Gasteiger partial charge in [-0.15, -0.1) is 0 Å². The number of hydrogen-bond acceptors (Lipinski definition) is 4. The second-order valence-electron chi connectivity index (χ2n) is 7.66. The van der Waals surface area contributed by atoms with Crippen LogP contribution in [-0.4, -0.2) is 71.6 Å². The highest BCUT2D eigenvalue weighted by Gasteiger charge is 2.32. The first-order valence-electron chi connectivity index (χ1n) is 9.28. The van der Waals surface area contributed by atoms with E-state index in [2.05, 4.69) is 22.3 Å². The van der Waals surface area contributed by atoms with Gasteiger partial charge in [0.15, 0.2) is 0 Å². The van der Waals surface area contributed by atoms with Crippen molar-refractivity contribution in [3.8, 4) is 0 Å². The van der Waals surface area contributed by atoms with Gasteiger partial charge in [0.05, 0.1) is 18.1 Å². The third kappa shape index (κ3) is 6.42. The Labute approximate surface area is 156 Å². The molecule has 26 heavy (non-hydrogen) atoms. The first kappa shape index (κ1) is 20.4. The lowest BCUT2D eigenvalue weighted by atomic mass is 10.0. The van der Waals surface area contributed by atoms with Crippen molar-refractivity contribution >= 4 is 11.8 Å². The van der Waals surface area contributed by atoms with Crippen LogP contribution >= 0.6 is 0 Å². The van der Waals surface area contributed by atoms with Crippen molar-refractivity contribution in [2.75, 3.05) is 33.2 Å². The fraction of sp³-hybridized carbons (Fsp3) is 0.600. The molecule has 0 aliphatic carbocycles. The van der Waals surface area contributed by atoms with Gasteiger partial charge in [0, 0.05) is 33.2 Å². The van der Waals surface area contributed by atoms with Gasteiger partial charge in [0.2, 0.25) is 11.8 Å². The highest BCUT2D eigenvalue weighted by molar-refractivity contribution is 5.88. The second kappa shape index (κ2) is 9.14. The Balaban J connectivity index is 1.92. The number of nitrogens with zero attached hydrogens (tertiary/aromatic N) is 2. The van der Waals surface area contributed by atoms with E-state index >= 15 is 0 Å². The van der Waals surface area contributed by atoms with Crippen LogP contribution in [0.1, 0.15) is 32.3 Å². The van der Waals surface area contributed by atoms with Gasteiger partial charge in [-0.1, -0.05) is 30.3 Å². The van der Waals surface area contributed by atoms with E-state index in [1.165, 1.54) is 5.56 Å². The van der Waals surface area contributed by atoms with E-state index in [1.54, 1.807) is 25.8 Å². The Kier molecular flexibility index (Phi) is 7.17. The quantitative estimate of drug-likeness (QED) is 0.726. The molecule has 144 valence electrons. The summed E-state index contributed by atoms with van der Waals surface area (Å²) >= 11 is 0. The number of carbonyl (C=O) groups excluding carboxylic acids is 2. The van der Waals surface area contributed by atoms with E-state index in [9.17, 15) is 14.7 Å². The number of benzene rings is 1. The van der Waals surface area contributed by atoms with Gasteiger partial charge in [0.25, 0.3) is 0 Å². The van der Waals surface area contributed by atoms with E-state index in [4.69, 9.17) is 0 Å². The molecule has 0 unspecified atom stereocenters. The second-order valence-corrected chi connectivity index (χ2v) is 7.66. The smallest absolute Gasteiger partial charge is 0.237 e. The summed E-state index contributed by atoms with van der Waals surface area (Å²) in [6.07, 6.45) is 1.53. The zero-order valence-corrected chi connectivity index (χ0v) is 16.1. The third-order valence-electron chi connectivity index (χ3n) is 4.82. The van der Waals surface area contributed by atoms with Gasteiger partial charge in [-0.25, -0.2) is 0 Å². The summed E-state index contributed by atoms with van der Waals surface area (Å²) in [5.41, 5.74) is 0.421. The van der Waals surface area contributed by atoms with Crippen LogP contribution in [0.5, 0.6) is 0 Å². The van der Waals surface area contributed by atoms with Crippen molar-refractivity contribution in [3.63, 3.8) is 0 Å². The molecule has 1 heterocycles. The molecule has 1 saturated heterocycles. The predicted octanol–water partition coefficient (Wildman–Crippen LogP) is 1.04. The van der Waals surface area contributed by atoms with E-state index in [-0.39, 0.29) is 18.2 Å². The van der Waals surface area contributed by atoms with E-state index < -0.39 is 11.6 Å². The molecule has 0 radical (unpaired) electrons. The monoisotopic (exact) mass is 361 g/mol. The molecule has 1 aromatic carbocycles. The van der Waals surface area contributed by atoms with Crippen LogP contribution in [0.25, 0.3) is 0 Å². The van der Waals surface area contributed by atoms with Crippen LogP contribution in [0.15, 0.2) is 30.3 Å². The first-order valence-corrected chi connectivity index (χ1v) is 9.28. The summed E-state index contributed by atoms with van der Waals surface area (Å²) in [4.78, 5) is 28.6. The molecular weight excluding hydrogens is 330 g/mol. The molecule has 0 spiro atoms. The minimum atomic E-state index is -0.807. The number of carbonyl (C=O) groups is 2. The Morgan fingerprint density at radius 3 is 2.69 bits per heavy atom. The predicted molar refractivity (Wildman–Crippen MR) is 102 cm³/mol. The maximum absolute atomic E-state index is 12.5. The Morgan fingerprint density at radius 2 is 2.04 bits per heavy atom. The molecule has 1 atom stereocenters. The summed E-state index contributed by atoms with van der Waals surface area (Å²) in [5.74, 6) is -0.144. The van der Waals surface area contributed by atoms with Gasteiger partial charge < -0.3 is 15.3 Å². The average molecular weight is 361 g/mol. The number of amides is 2. The number of aliphatic hydroxyl groups is 1. The number of rotatable bonds is 8. The average Bonchev–Trinajstić information content (AvgIpc) is 2.60. The fourth-order valence-electron chi connectivity index (χ4n) is 3.06. The summed E-state index contributed by atoms with van der Waals surface area (Å²) < 4.78 is 0. The minimum absolute atomic E-state index is 0.0685. The number of nitrogens with one attached hydrogen (secondary N) is 1. The molecule has 6 nitrogen and oxygen atoms in total. The zero-order valence-electron chi connectivity index (χ0n) is 16.1. The summed E-state index contributed by atoms with van der Waals surface area (Å²) in [7, 11) is 1.73. The summed E-state index contributed by atoms with van der Waals surface area (Å²) in [6, 6.07) is 9.74. The van der Waals surface area contributed by atoms with Crippen LogP contribution in [0.4, 0.5) is 0 Å². The molecule has 1 fully saturated rings. The Morgan fingerprint density at radius 1 is 1.35 bits per heavy atom. The number of piperazine rings is 1. The SMILES string of the molecule is CN(CCC(C)(C)O)C(=O)C[C@H]1C(=O)NCCN1CCc1ccccc1. The molecule has 1 aliphatic rings. The van der Waals surface area contributed by atoms with Crippen molar-refractivity contribution in [2.24, 2.45) is 0 Å². The topological polar surface area (TPSA) is 72.9 Å². The van der Waals surface area contributed by atoms with Crippen LogP contribution in [0.2, 0.25) is 0 Å². The van der Waals surface area contributed by atoms with Crippen molar-refractivity contribution in [2.45, 2.75) is 44.8 Å². The third-order valence-corrected chi connectivity index (χ3v) is 4.82. The van der Waals surface area contributed by atoms with Crippen molar-refractivity contribution in [1.82, 2.24) is 15.1 Å². The van der Waals surface area contributed by atoms with Crippen LogP contribution in [0, 0.1) is 0 Å². The van der Waals surface area contributed by atoms with Crippen molar-refractivity contribution in [1.29, 1.82) is 0 Å². The maximum Gasteiger partial charge on any atom is 0.237 e. The Bertz CT molecular complexity index is 598. The van der Waals surface area contributed by atoms with Gasteiger partial charge in [-0.3, -0.25) is 14.5 Å². The lowest BCUT2D eigenvalue weighted by Gasteiger charge is -2.35. The molecule has 1 aliphatic heterocycles. The van der Waals surface area contributed by atoms with E-state index in [1.807, 2.05) is 18.2 Å². The van der Waals surface area contributed by atoms with Gasteiger partial charge in [-0.2, -0.15) is 0 Å². The van der Waals surface area contributed by atoms with E-state index in [0.29, 0.717) is 19.5 Å².